The number of benzene rings is 1. The monoisotopic (exact) mass is 242 g/mol. The van der Waals surface area contributed by atoms with Crippen LogP contribution in [-0.2, 0) is 4.79 Å². The molecule has 0 aromatic heterocycles. The third-order valence-electron chi connectivity index (χ3n) is 1.85. The van der Waals surface area contributed by atoms with Gasteiger partial charge in [0.25, 0.3) is 0 Å². The van der Waals surface area contributed by atoms with E-state index in [4.69, 9.17) is 5.11 Å². The standard InChI is InChI=1S/C12H9F3O2/c13-9(3-4-12(16)17)2-1-8-5-10(14)7-11(15)6-8/h5-7,9H,3-4H2,(H,16,17)/t9-/m0/s1. The van der Waals surface area contributed by atoms with Gasteiger partial charge in [0.2, 0.25) is 0 Å². The Hall–Kier alpha value is -1.96. The second-order valence-electron chi connectivity index (χ2n) is 3.33. The summed E-state index contributed by atoms with van der Waals surface area (Å²) in [6, 6.07) is 2.63. The molecule has 90 valence electrons. The number of carboxylic acids is 1. The van der Waals surface area contributed by atoms with Crippen molar-refractivity contribution in [3.8, 4) is 11.8 Å². The molecule has 2 nitrogen and oxygen atoms in total. The van der Waals surface area contributed by atoms with Crippen molar-refractivity contribution in [3.05, 3.63) is 35.4 Å². The highest BCUT2D eigenvalue weighted by molar-refractivity contribution is 5.66. The molecule has 1 aromatic carbocycles. The van der Waals surface area contributed by atoms with Crippen LogP contribution in [0.1, 0.15) is 18.4 Å². The SMILES string of the molecule is O=C(O)CC[C@@H](F)C#Cc1cc(F)cc(F)c1. The summed E-state index contributed by atoms with van der Waals surface area (Å²) < 4.78 is 38.5. The lowest BCUT2D eigenvalue weighted by molar-refractivity contribution is -0.137. The quantitative estimate of drug-likeness (QED) is 0.827. The summed E-state index contributed by atoms with van der Waals surface area (Å²) in [4.78, 5) is 10.2. The van der Waals surface area contributed by atoms with Crippen molar-refractivity contribution in [2.24, 2.45) is 0 Å². The summed E-state index contributed by atoms with van der Waals surface area (Å²) >= 11 is 0. The molecule has 5 heteroatoms. The van der Waals surface area contributed by atoms with E-state index in [0.717, 1.165) is 12.1 Å². The molecule has 1 atom stereocenters. The fourth-order valence-corrected chi connectivity index (χ4v) is 1.11. The molecule has 1 rings (SSSR count). The minimum Gasteiger partial charge on any atom is -0.481 e. The van der Waals surface area contributed by atoms with Crippen LogP contribution in [0, 0.1) is 23.5 Å². The number of carbonyl (C=O) groups is 1. The smallest absolute Gasteiger partial charge is 0.303 e. The molecule has 0 aliphatic carbocycles. The lowest BCUT2D eigenvalue weighted by atomic mass is 10.2. The number of carboxylic acid groups (broad SMARTS) is 1. The summed E-state index contributed by atoms with van der Waals surface area (Å²) in [5, 5.41) is 8.31. The lowest BCUT2D eigenvalue weighted by Crippen LogP contribution is -2.02. The van der Waals surface area contributed by atoms with Crippen LogP contribution in [0.25, 0.3) is 0 Å². The van der Waals surface area contributed by atoms with Crippen molar-refractivity contribution in [1.29, 1.82) is 0 Å². The Kier molecular flexibility index (Phi) is 4.58. The van der Waals surface area contributed by atoms with Crippen LogP contribution in [-0.4, -0.2) is 17.2 Å². The minimum absolute atomic E-state index is 0.0143. The second-order valence-corrected chi connectivity index (χ2v) is 3.33. The van der Waals surface area contributed by atoms with Gasteiger partial charge in [0.1, 0.15) is 11.6 Å². The summed E-state index contributed by atoms with van der Waals surface area (Å²) in [6.07, 6.45) is -2.22. The Morgan fingerprint density at radius 3 is 2.41 bits per heavy atom. The first-order valence-electron chi connectivity index (χ1n) is 4.81. The zero-order chi connectivity index (χ0) is 12.8. The Balaban J connectivity index is 2.67. The van der Waals surface area contributed by atoms with Gasteiger partial charge in [-0.25, -0.2) is 13.2 Å². The molecule has 0 heterocycles. The van der Waals surface area contributed by atoms with E-state index in [0.29, 0.717) is 6.07 Å². The fourth-order valence-electron chi connectivity index (χ4n) is 1.11. The Morgan fingerprint density at radius 2 is 1.88 bits per heavy atom. The van der Waals surface area contributed by atoms with E-state index >= 15 is 0 Å². The summed E-state index contributed by atoms with van der Waals surface area (Å²) in [5.41, 5.74) is 0.0143. The molecule has 0 amide bonds. The highest BCUT2D eigenvalue weighted by Gasteiger charge is 2.05. The number of alkyl halides is 1. The normalized spacial score (nSPS) is 11.5. The number of hydrogen-bond donors (Lipinski definition) is 1. The fraction of sp³-hybridized carbons (Fsp3) is 0.250. The molecule has 0 saturated carbocycles. The summed E-state index contributed by atoms with van der Waals surface area (Å²) in [7, 11) is 0. The van der Waals surface area contributed by atoms with Gasteiger partial charge in [-0.1, -0.05) is 11.8 Å². The molecule has 0 fully saturated rings. The van der Waals surface area contributed by atoms with Crippen LogP contribution in [0.2, 0.25) is 0 Å². The van der Waals surface area contributed by atoms with E-state index < -0.39 is 23.8 Å². The van der Waals surface area contributed by atoms with Crippen LogP contribution >= 0.6 is 0 Å². The third-order valence-corrected chi connectivity index (χ3v) is 1.85. The van der Waals surface area contributed by atoms with Gasteiger partial charge >= 0.3 is 5.97 Å². The average Bonchev–Trinajstić information content (AvgIpc) is 2.22. The average molecular weight is 242 g/mol. The first-order chi connectivity index (χ1) is 7.97. The number of halogens is 3. The van der Waals surface area contributed by atoms with Gasteiger partial charge in [0.05, 0.1) is 0 Å². The van der Waals surface area contributed by atoms with Gasteiger partial charge in [-0.05, 0) is 12.1 Å². The van der Waals surface area contributed by atoms with Gasteiger partial charge in [-0.2, -0.15) is 0 Å². The maximum Gasteiger partial charge on any atom is 0.303 e. The molecule has 0 aliphatic heterocycles. The number of rotatable bonds is 3. The summed E-state index contributed by atoms with van der Waals surface area (Å²) in [6.45, 7) is 0. The third kappa shape index (κ3) is 5.07. The van der Waals surface area contributed by atoms with Gasteiger partial charge in [-0.15, -0.1) is 0 Å². The predicted molar refractivity (Wildman–Crippen MR) is 55.0 cm³/mol. The van der Waals surface area contributed by atoms with E-state index in [2.05, 4.69) is 11.8 Å². The largest absolute Gasteiger partial charge is 0.481 e. The molecule has 17 heavy (non-hydrogen) atoms. The van der Waals surface area contributed by atoms with E-state index in [1.165, 1.54) is 0 Å². The van der Waals surface area contributed by atoms with Crippen molar-refractivity contribution in [1.82, 2.24) is 0 Å². The molecule has 0 bridgehead atoms. The highest BCUT2D eigenvalue weighted by atomic mass is 19.1. The first kappa shape index (κ1) is 13.1. The first-order valence-corrected chi connectivity index (χ1v) is 4.81. The zero-order valence-corrected chi connectivity index (χ0v) is 8.71. The lowest BCUT2D eigenvalue weighted by Gasteiger charge is -1.96. The Bertz CT molecular complexity index is 454. The Labute approximate surface area is 96.1 Å². The van der Waals surface area contributed by atoms with Crippen LogP contribution in [0.4, 0.5) is 13.2 Å². The van der Waals surface area contributed by atoms with Crippen LogP contribution in [0.5, 0.6) is 0 Å². The van der Waals surface area contributed by atoms with Crippen LogP contribution in [0.15, 0.2) is 18.2 Å². The maximum absolute atomic E-state index is 13.0. The second kappa shape index (κ2) is 5.94. The molecule has 0 unspecified atom stereocenters. The van der Waals surface area contributed by atoms with Gasteiger partial charge < -0.3 is 5.11 Å². The van der Waals surface area contributed by atoms with Crippen molar-refractivity contribution in [3.63, 3.8) is 0 Å². The van der Waals surface area contributed by atoms with E-state index in [-0.39, 0.29) is 18.4 Å². The molecule has 0 aliphatic rings. The Morgan fingerprint density at radius 1 is 1.29 bits per heavy atom. The zero-order valence-electron chi connectivity index (χ0n) is 8.71. The molecule has 1 N–H and O–H groups in total. The molecular formula is C12H9F3O2. The molecule has 0 radical (unpaired) electrons. The maximum atomic E-state index is 13.0. The van der Waals surface area contributed by atoms with E-state index in [1.54, 1.807) is 0 Å². The van der Waals surface area contributed by atoms with E-state index in [9.17, 15) is 18.0 Å². The topological polar surface area (TPSA) is 37.3 Å². The molecule has 1 aromatic rings. The van der Waals surface area contributed by atoms with Crippen LogP contribution in [0.3, 0.4) is 0 Å². The van der Waals surface area contributed by atoms with Crippen molar-refractivity contribution in [2.45, 2.75) is 19.0 Å². The van der Waals surface area contributed by atoms with E-state index in [1.807, 2.05) is 0 Å². The summed E-state index contributed by atoms with van der Waals surface area (Å²) in [5.74, 6) is 1.64. The van der Waals surface area contributed by atoms with Crippen LogP contribution < -0.4 is 0 Å². The predicted octanol–water partition coefficient (Wildman–Crippen LogP) is 2.52. The van der Waals surface area contributed by atoms with Gasteiger partial charge in [0, 0.05) is 24.5 Å². The number of aliphatic carboxylic acids is 1. The molecule has 0 saturated heterocycles. The minimum atomic E-state index is -1.63. The molecule has 0 spiro atoms. The highest BCUT2D eigenvalue weighted by Crippen LogP contribution is 2.07. The van der Waals surface area contributed by atoms with Crippen molar-refractivity contribution >= 4 is 5.97 Å². The van der Waals surface area contributed by atoms with Gasteiger partial charge in [-0.3, -0.25) is 4.79 Å². The van der Waals surface area contributed by atoms with Crippen molar-refractivity contribution in [2.75, 3.05) is 0 Å². The van der Waals surface area contributed by atoms with Gasteiger partial charge in [0.15, 0.2) is 6.17 Å². The number of hydrogen-bond acceptors (Lipinski definition) is 1. The molecular weight excluding hydrogens is 233 g/mol. The van der Waals surface area contributed by atoms with Crippen molar-refractivity contribution < 1.29 is 23.1 Å².